The number of amides is 3. The molecule has 2 aliphatic rings. The number of rotatable bonds is 6. The van der Waals surface area contributed by atoms with Crippen LogP contribution in [0.4, 0.5) is 5.69 Å². The number of esters is 1. The van der Waals surface area contributed by atoms with Crippen LogP contribution < -0.4 is 5.32 Å². The van der Waals surface area contributed by atoms with E-state index in [1.807, 2.05) is 12.2 Å². The number of benzene rings is 1. The van der Waals surface area contributed by atoms with E-state index in [1.54, 1.807) is 25.1 Å². The molecule has 27 heavy (non-hydrogen) atoms. The van der Waals surface area contributed by atoms with Gasteiger partial charge in [-0.15, -0.1) is 0 Å². The minimum absolute atomic E-state index is 0.00792. The molecule has 1 aromatic carbocycles. The van der Waals surface area contributed by atoms with E-state index in [0.29, 0.717) is 24.1 Å². The van der Waals surface area contributed by atoms with Gasteiger partial charge in [0.15, 0.2) is 0 Å². The van der Waals surface area contributed by atoms with Crippen molar-refractivity contribution >= 4 is 29.4 Å². The molecule has 0 bridgehead atoms. The molecule has 1 heterocycles. The molecule has 1 N–H and O–H groups in total. The molecule has 3 rings (SSSR count). The first-order valence-corrected chi connectivity index (χ1v) is 9.08. The van der Waals surface area contributed by atoms with Crippen LogP contribution in [0.1, 0.15) is 36.5 Å². The van der Waals surface area contributed by atoms with Crippen molar-refractivity contribution in [1.82, 2.24) is 4.90 Å². The number of hydrogen-bond donors (Lipinski definition) is 1. The number of carbonyl (C=O) groups is 4. The molecule has 142 valence electrons. The Morgan fingerprint density at radius 1 is 1.15 bits per heavy atom. The van der Waals surface area contributed by atoms with E-state index in [2.05, 4.69) is 5.32 Å². The maximum Gasteiger partial charge on any atom is 0.338 e. The third kappa shape index (κ3) is 4.07. The number of hydrogen-bond acceptors (Lipinski definition) is 5. The summed E-state index contributed by atoms with van der Waals surface area (Å²) in [6.45, 7) is 2.05. The van der Waals surface area contributed by atoms with Gasteiger partial charge >= 0.3 is 5.97 Å². The summed E-state index contributed by atoms with van der Waals surface area (Å²) in [7, 11) is 0. The van der Waals surface area contributed by atoms with E-state index in [4.69, 9.17) is 4.74 Å². The molecule has 0 unspecified atom stereocenters. The van der Waals surface area contributed by atoms with E-state index in [0.717, 1.165) is 0 Å². The second-order valence-electron chi connectivity index (χ2n) is 6.58. The first-order chi connectivity index (χ1) is 13.0. The van der Waals surface area contributed by atoms with Crippen molar-refractivity contribution in [3.8, 4) is 0 Å². The molecular formula is C20H22N2O5. The number of imide groups is 1. The lowest BCUT2D eigenvalue weighted by Gasteiger charge is -2.14. The largest absolute Gasteiger partial charge is 0.462 e. The van der Waals surface area contributed by atoms with Crippen LogP contribution in [0.2, 0.25) is 0 Å². The average molecular weight is 370 g/mol. The highest BCUT2D eigenvalue weighted by Gasteiger charge is 2.46. The van der Waals surface area contributed by atoms with Crippen molar-refractivity contribution in [1.29, 1.82) is 0 Å². The van der Waals surface area contributed by atoms with Crippen LogP contribution in [0.3, 0.4) is 0 Å². The van der Waals surface area contributed by atoms with Gasteiger partial charge < -0.3 is 10.1 Å². The van der Waals surface area contributed by atoms with Crippen LogP contribution in [-0.2, 0) is 19.1 Å². The highest BCUT2D eigenvalue weighted by molar-refractivity contribution is 6.06. The summed E-state index contributed by atoms with van der Waals surface area (Å²) >= 11 is 0. The van der Waals surface area contributed by atoms with E-state index in [1.165, 1.54) is 11.0 Å². The number of likely N-dealkylation sites (tertiary alicyclic amines) is 1. The van der Waals surface area contributed by atoms with Gasteiger partial charge in [-0.05, 0) is 38.0 Å². The van der Waals surface area contributed by atoms with Crippen molar-refractivity contribution < 1.29 is 23.9 Å². The fourth-order valence-corrected chi connectivity index (χ4v) is 3.46. The maximum atomic E-state index is 12.4. The van der Waals surface area contributed by atoms with Gasteiger partial charge in [-0.2, -0.15) is 0 Å². The lowest BCUT2D eigenvalue weighted by Crippen LogP contribution is -2.34. The van der Waals surface area contributed by atoms with Gasteiger partial charge in [-0.25, -0.2) is 4.79 Å². The Balaban J connectivity index is 1.56. The molecule has 3 amide bonds. The SMILES string of the molecule is CCOC(=O)c1cccc(NC(=O)CCN2C(=O)[C@H]3CC=CC[C@@H]3C2=O)c1. The van der Waals surface area contributed by atoms with Crippen molar-refractivity contribution in [2.24, 2.45) is 11.8 Å². The Hall–Kier alpha value is -2.96. The quantitative estimate of drug-likeness (QED) is 0.470. The number of fused-ring (bicyclic) bond motifs is 1. The van der Waals surface area contributed by atoms with Crippen molar-refractivity contribution in [2.45, 2.75) is 26.2 Å². The van der Waals surface area contributed by atoms with Crippen LogP contribution in [0.15, 0.2) is 36.4 Å². The standard InChI is InChI=1S/C20H22N2O5/c1-2-27-20(26)13-6-5-7-14(12-13)21-17(23)10-11-22-18(24)15-8-3-4-9-16(15)19(22)25/h3-7,12,15-16H,2,8-11H2,1H3,(H,21,23)/t15-,16-/m0/s1. The Kier molecular flexibility index (Phi) is 5.69. The monoisotopic (exact) mass is 370 g/mol. The summed E-state index contributed by atoms with van der Waals surface area (Å²) in [5.74, 6) is -1.74. The average Bonchev–Trinajstić information content (AvgIpc) is 2.91. The summed E-state index contributed by atoms with van der Waals surface area (Å²) in [6.07, 6.45) is 5.03. The smallest absolute Gasteiger partial charge is 0.338 e. The summed E-state index contributed by atoms with van der Waals surface area (Å²) in [4.78, 5) is 50.0. The van der Waals surface area contributed by atoms with E-state index in [9.17, 15) is 19.2 Å². The Bertz CT molecular complexity index is 775. The predicted octanol–water partition coefficient (Wildman–Crippen LogP) is 2.14. The van der Waals surface area contributed by atoms with Gasteiger partial charge in [0.2, 0.25) is 17.7 Å². The molecule has 1 fully saturated rings. The van der Waals surface area contributed by atoms with Crippen LogP contribution in [-0.4, -0.2) is 41.7 Å². The summed E-state index contributed by atoms with van der Waals surface area (Å²) in [5, 5.41) is 2.69. The van der Waals surface area contributed by atoms with Crippen molar-refractivity contribution in [3.63, 3.8) is 0 Å². The van der Waals surface area contributed by atoms with Gasteiger partial charge in [0.25, 0.3) is 0 Å². The van der Waals surface area contributed by atoms with E-state index < -0.39 is 5.97 Å². The Labute approximate surface area is 157 Å². The molecule has 0 saturated carbocycles. The van der Waals surface area contributed by atoms with Crippen molar-refractivity contribution in [2.75, 3.05) is 18.5 Å². The second-order valence-corrected chi connectivity index (χ2v) is 6.58. The van der Waals surface area contributed by atoms with Gasteiger partial charge in [-0.3, -0.25) is 19.3 Å². The molecule has 1 aromatic rings. The van der Waals surface area contributed by atoms with Gasteiger partial charge in [0, 0.05) is 18.7 Å². The van der Waals surface area contributed by atoms with Gasteiger partial charge in [-0.1, -0.05) is 18.2 Å². The molecule has 7 nitrogen and oxygen atoms in total. The molecule has 0 spiro atoms. The molecule has 0 aromatic heterocycles. The maximum absolute atomic E-state index is 12.4. The molecule has 0 radical (unpaired) electrons. The third-order valence-corrected chi connectivity index (χ3v) is 4.82. The fraction of sp³-hybridized carbons (Fsp3) is 0.400. The predicted molar refractivity (Wildman–Crippen MR) is 97.7 cm³/mol. The molecule has 7 heteroatoms. The lowest BCUT2D eigenvalue weighted by atomic mass is 9.85. The number of nitrogens with one attached hydrogen (secondary N) is 1. The zero-order chi connectivity index (χ0) is 19.4. The summed E-state index contributed by atoms with van der Waals surface area (Å²) < 4.78 is 4.93. The lowest BCUT2D eigenvalue weighted by molar-refractivity contribution is -0.140. The van der Waals surface area contributed by atoms with Crippen LogP contribution >= 0.6 is 0 Å². The molecule has 2 atom stereocenters. The van der Waals surface area contributed by atoms with Crippen molar-refractivity contribution in [3.05, 3.63) is 42.0 Å². The van der Waals surface area contributed by atoms with Crippen LogP contribution in [0.5, 0.6) is 0 Å². The highest BCUT2D eigenvalue weighted by atomic mass is 16.5. The van der Waals surface area contributed by atoms with Gasteiger partial charge in [0.1, 0.15) is 0 Å². The van der Waals surface area contributed by atoms with Crippen LogP contribution in [0, 0.1) is 11.8 Å². The summed E-state index contributed by atoms with van der Waals surface area (Å²) in [6, 6.07) is 6.44. The fourth-order valence-electron chi connectivity index (χ4n) is 3.46. The topological polar surface area (TPSA) is 92.8 Å². The van der Waals surface area contributed by atoms with E-state index in [-0.39, 0.29) is 49.1 Å². The normalized spacial score (nSPS) is 21.1. The third-order valence-electron chi connectivity index (χ3n) is 4.82. The zero-order valence-corrected chi connectivity index (χ0v) is 15.1. The number of ether oxygens (including phenoxy) is 1. The number of nitrogens with zero attached hydrogens (tertiary/aromatic N) is 1. The molecular weight excluding hydrogens is 348 g/mol. The second kappa shape index (κ2) is 8.16. The van der Waals surface area contributed by atoms with E-state index >= 15 is 0 Å². The van der Waals surface area contributed by atoms with Gasteiger partial charge in [0.05, 0.1) is 24.0 Å². The first kappa shape index (κ1) is 18.8. The number of allylic oxidation sites excluding steroid dienone is 2. The molecule has 1 aliphatic heterocycles. The number of carbonyl (C=O) groups excluding carboxylic acids is 4. The first-order valence-electron chi connectivity index (χ1n) is 9.08. The highest BCUT2D eigenvalue weighted by Crippen LogP contribution is 2.35. The molecule has 1 aliphatic carbocycles. The Morgan fingerprint density at radius 2 is 1.81 bits per heavy atom. The minimum Gasteiger partial charge on any atom is -0.462 e. The van der Waals surface area contributed by atoms with Crippen LogP contribution in [0.25, 0.3) is 0 Å². The Morgan fingerprint density at radius 3 is 2.44 bits per heavy atom. The number of anilines is 1. The zero-order valence-electron chi connectivity index (χ0n) is 15.1. The minimum atomic E-state index is -0.460. The molecule has 1 saturated heterocycles. The summed E-state index contributed by atoms with van der Waals surface area (Å²) in [5.41, 5.74) is 0.804.